The monoisotopic (exact) mass is 256 g/mol. The van der Waals surface area contributed by atoms with Crippen LogP contribution in [0.1, 0.15) is 10.4 Å². The molecule has 0 aliphatic heterocycles. The first-order valence-corrected chi connectivity index (χ1v) is 5.59. The lowest BCUT2D eigenvalue weighted by Crippen LogP contribution is -2.14. The van der Waals surface area contributed by atoms with Crippen molar-refractivity contribution in [1.82, 2.24) is 15.2 Å². The lowest BCUT2D eigenvalue weighted by molar-refractivity contribution is 0.102. The summed E-state index contributed by atoms with van der Waals surface area (Å²) in [4.78, 5) is 15.4. The summed E-state index contributed by atoms with van der Waals surface area (Å²) >= 11 is 0. The van der Waals surface area contributed by atoms with E-state index in [-0.39, 0.29) is 5.56 Å². The van der Waals surface area contributed by atoms with Crippen LogP contribution in [0.25, 0.3) is 10.9 Å². The highest BCUT2D eigenvalue weighted by molar-refractivity contribution is 6.08. The van der Waals surface area contributed by atoms with Crippen molar-refractivity contribution in [2.45, 2.75) is 0 Å². The average molecular weight is 256 g/mol. The van der Waals surface area contributed by atoms with Crippen molar-refractivity contribution in [2.24, 2.45) is 0 Å². The van der Waals surface area contributed by atoms with Crippen molar-refractivity contribution in [1.29, 1.82) is 0 Å². The van der Waals surface area contributed by atoms with Gasteiger partial charge in [0.2, 0.25) is 5.95 Å². The van der Waals surface area contributed by atoms with E-state index in [0.29, 0.717) is 5.69 Å². The van der Waals surface area contributed by atoms with Crippen molar-refractivity contribution in [3.63, 3.8) is 0 Å². The molecule has 2 aromatic heterocycles. The average Bonchev–Trinajstić information content (AvgIpc) is 2.88. The zero-order chi connectivity index (χ0) is 13.2. The topological polar surface area (TPSA) is 70.7 Å². The minimum absolute atomic E-state index is 0.0944. The molecule has 2 N–H and O–H groups in total. The van der Waals surface area contributed by atoms with Crippen molar-refractivity contribution in [2.75, 3.05) is 5.32 Å². The van der Waals surface area contributed by atoms with Crippen molar-refractivity contribution in [3.05, 3.63) is 54.2 Å². The molecule has 0 saturated carbocycles. The molecule has 0 unspecified atom stereocenters. The predicted octanol–water partition coefficient (Wildman–Crippen LogP) is 2.35. The van der Waals surface area contributed by atoms with E-state index in [0.717, 1.165) is 10.9 Å². The Balaban J connectivity index is 1.95. The van der Waals surface area contributed by atoms with E-state index in [1.165, 1.54) is 18.3 Å². The number of pyridine rings is 1. The summed E-state index contributed by atoms with van der Waals surface area (Å²) in [7, 11) is 0. The van der Waals surface area contributed by atoms with Gasteiger partial charge in [-0.3, -0.25) is 9.89 Å². The summed E-state index contributed by atoms with van der Waals surface area (Å²) in [5.41, 5.74) is 1.27. The number of nitrogens with zero attached hydrogens (tertiary/aromatic N) is 2. The van der Waals surface area contributed by atoms with Crippen LogP contribution in [0.3, 0.4) is 0 Å². The third-order valence-corrected chi connectivity index (χ3v) is 2.74. The molecule has 3 rings (SSSR count). The van der Waals surface area contributed by atoms with Gasteiger partial charge in [0, 0.05) is 11.6 Å². The highest BCUT2D eigenvalue weighted by Crippen LogP contribution is 2.21. The zero-order valence-electron chi connectivity index (χ0n) is 9.72. The maximum Gasteiger partial charge on any atom is 0.260 e. The Labute approximate surface area is 107 Å². The number of H-pyrrole nitrogens is 1. The first-order chi connectivity index (χ1) is 9.25. The lowest BCUT2D eigenvalue weighted by Gasteiger charge is -2.06. The Morgan fingerprint density at radius 2 is 2.16 bits per heavy atom. The maximum atomic E-state index is 13.4. The van der Waals surface area contributed by atoms with E-state index in [4.69, 9.17) is 0 Å². The van der Waals surface area contributed by atoms with Gasteiger partial charge in [-0.05, 0) is 24.3 Å². The molecule has 0 aliphatic rings. The van der Waals surface area contributed by atoms with Gasteiger partial charge in [0.05, 0.1) is 23.0 Å². The van der Waals surface area contributed by atoms with Crippen LogP contribution in [0.4, 0.5) is 10.1 Å². The fourth-order valence-corrected chi connectivity index (χ4v) is 1.82. The van der Waals surface area contributed by atoms with Crippen molar-refractivity contribution >= 4 is 22.5 Å². The number of aromatic amines is 1. The van der Waals surface area contributed by atoms with Gasteiger partial charge in [-0.1, -0.05) is 6.07 Å². The first kappa shape index (κ1) is 11.3. The number of benzene rings is 1. The van der Waals surface area contributed by atoms with Crippen LogP contribution < -0.4 is 5.32 Å². The quantitative estimate of drug-likeness (QED) is 0.691. The number of carbonyl (C=O) groups is 1. The molecule has 5 nitrogen and oxygen atoms in total. The molecule has 1 amide bonds. The maximum absolute atomic E-state index is 13.4. The molecule has 3 aromatic rings. The summed E-state index contributed by atoms with van der Waals surface area (Å²) in [5, 5.41) is 10.1. The van der Waals surface area contributed by atoms with Crippen molar-refractivity contribution in [3.8, 4) is 0 Å². The van der Waals surface area contributed by atoms with Gasteiger partial charge in [0.1, 0.15) is 0 Å². The van der Waals surface area contributed by atoms with E-state index in [2.05, 4.69) is 20.5 Å². The van der Waals surface area contributed by atoms with Gasteiger partial charge in [0.25, 0.3) is 5.91 Å². The first-order valence-electron chi connectivity index (χ1n) is 5.59. The summed E-state index contributed by atoms with van der Waals surface area (Å²) in [6.45, 7) is 0. The Morgan fingerprint density at radius 1 is 1.26 bits per heavy atom. The van der Waals surface area contributed by atoms with E-state index in [1.54, 1.807) is 18.3 Å². The molecule has 19 heavy (non-hydrogen) atoms. The third-order valence-electron chi connectivity index (χ3n) is 2.74. The number of carbonyl (C=O) groups excluding carboxylic acids is 1. The highest BCUT2D eigenvalue weighted by atomic mass is 19.1. The van der Waals surface area contributed by atoms with Gasteiger partial charge in [-0.15, -0.1) is 0 Å². The number of fused-ring (bicyclic) bond motifs is 1. The zero-order valence-corrected chi connectivity index (χ0v) is 9.72. The normalized spacial score (nSPS) is 10.6. The van der Waals surface area contributed by atoms with E-state index in [1.807, 2.05) is 6.07 Å². The lowest BCUT2D eigenvalue weighted by atomic mass is 10.2. The minimum Gasteiger partial charge on any atom is -0.321 e. The van der Waals surface area contributed by atoms with Crippen LogP contribution in [-0.4, -0.2) is 21.1 Å². The number of aromatic nitrogens is 3. The van der Waals surface area contributed by atoms with E-state index in [9.17, 15) is 9.18 Å². The second-order valence-corrected chi connectivity index (χ2v) is 3.93. The molecule has 2 heterocycles. The number of hydrogen-bond donors (Lipinski definition) is 2. The summed E-state index contributed by atoms with van der Waals surface area (Å²) in [5.74, 6) is -1.33. The molecule has 0 saturated heterocycles. The number of rotatable bonds is 2. The molecule has 0 radical (unpaired) electrons. The Hall–Kier alpha value is -2.76. The third kappa shape index (κ3) is 2.03. The highest BCUT2D eigenvalue weighted by Gasteiger charge is 2.13. The molecule has 1 aromatic carbocycles. The molecular weight excluding hydrogens is 247 g/mol. The van der Waals surface area contributed by atoms with Gasteiger partial charge in [0.15, 0.2) is 0 Å². The molecule has 0 spiro atoms. The Morgan fingerprint density at radius 3 is 3.00 bits per heavy atom. The largest absolute Gasteiger partial charge is 0.321 e. The molecule has 0 bridgehead atoms. The number of anilines is 1. The van der Waals surface area contributed by atoms with E-state index < -0.39 is 11.9 Å². The SMILES string of the molecule is O=C(Nc1cccc2[nH]ncc12)c1cccnc1F. The standard InChI is InChI=1S/C13H9FN4O/c14-12-8(3-2-6-15-12)13(19)17-10-4-1-5-11-9(10)7-16-18-11/h1-7H,(H,16,18)(H,17,19). The summed E-state index contributed by atoms with van der Waals surface area (Å²) in [6.07, 6.45) is 2.90. The molecular formula is C13H9FN4O. The predicted molar refractivity (Wildman–Crippen MR) is 68.2 cm³/mol. The smallest absolute Gasteiger partial charge is 0.260 e. The fourth-order valence-electron chi connectivity index (χ4n) is 1.82. The number of nitrogens with one attached hydrogen (secondary N) is 2. The second kappa shape index (κ2) is 4.49. The van der Waals surface area contributed by atoms with Gasteiger partial charge in [-0.25, -0.2) is 4.98 Å². The van der Waals surface area contributed by atoms with Gasteiger partial charge in [-0.2, -0.15) is 9.49 Å². The summed E-state index contributed by atoms with van der Waals surface area (Å²) in [6, 6.07) is 8.23. The second-order valence-electron chi connectivity index (χ2n) is 3.93. The molecule has 0 fully saturated rings. The number of amides is 1. The van der Waals surface area contributed by atoms with Crippen LogP contribution in [0.5, 0.6) is 0 Å². The van der Waals surface area contributed by atoms with Crippen LogP contribution >= 0.6 is 0 Å². The molecule has 0 atom stereocenters. The fraction of sp³-hybridized carbons (Fsp3) is 0. The number of hydrogen-bond acceptors (Lipinski definition) is 3. The molecule has 6 heteroatoms. The van der Waals surface area contributed by atoms with Crippen molar-refractivity contribution < 1.29 is 9.18 Å². The van der Waals surface area contributed by atoms with Gasteiger partial charge >= 0.3 is 0 Å². The molecule has 0 aliphatic carbocycles. The van der Waals surface area contributed by atoms with Crippen LogP contribution in [0, 0.1) is 5.95 Å². The molecule has 94 valence electrons. The Bertz CT molecular complexity index is 753. The Kier molecular flexibility index (Phi) is 2.68. The van der Waals surface area contributed by atoms with E-state index >= 15 is 0 Å². The minimum atomic E-state index is -0.792. The summed E-state index contributed by atoms with van der Waals surface area (Å²) < 4.78 is 13.4. The van der Waals surface area contributed by atoms with Crippen LogP contribution in [0.2, 0.25) is 0 Å². The number of halogens is 1. The van der Waals surface area contributed by atoms with Crippen LogP contribution in [-0.2, 0) is 0 Å². The van der Waals surface area contributed by atoms with Crippen LogP contribution in [0.15, 0.2) is 42.7 Å². The van der Waals surface area contributed by atoms with Gasteiger partial charge < -0.3 is 5.32 Å².